The van der Waals surface area contributed by atoms with Gasteiger partial charge in [-0.1, -0.05) is 36.5 Å². The van der Waals surface area contributed by atoms with E-state index in [9.17, 15) is 0 Å². The highest BCUT2D eigenvalue weighted by Gasteiger charge is 2.51. The van der Waals surface area contributed by atoms with Crippen LogP contribution in [0.25, 0.3) is 0 Å². The van der Waals surface area contributed by atoms with E-state index in [1.165, 1.54) is 0 Å². The van der Waals surface area contributed by atoms with Gasteiger partial charge in [-0.25, -0.2) is 0 Å². The lowest BCUT2D eigenvalue weighted by Crippen LogP contribution is -2.70. The number of hydrogen-bond acceptors (Lipinski definition) is 4. The van der Waals surface area contributed by atoms with Gasteiger partial charge in [-0.05, 0) is 25.7 Å². The predicted molar refractivity (Wildman–Crippen MR) is 127 cm³/mol. The van der Waals surface area contributed by atoms with Crippen LogP contribution in [0.3, 0.4) is 0 Å². The molecule has 0 aliphatic heterocycles. The smallest absolute Gasteiger partial charge is 0.0472 e. The Morgan fingerprint density at radius 1 is 0.679 bits per heavy atom. The highest BCUT2D eigenvalue weighted by atomic mass is 15.2. The second kappa shape index (κ2) is 15.2. The van der Waals surface area contributed by atoms with Crippen molar-refractivity contribution in [2.24, 2.45) is 5.73 Å². The van der Waals surface area contributed by atoms with E-state index in [4.69, 9.17) is 5.73 Å². The summed E-state index contributed by atoms with van der Waals surface area (Å²) in [6, 6.07) is 0. The highest BCUT2D eigenvalue weighted by molar-refractivity contribution is 5.20. The summed E-state index contributed by atoms with van der Waals surface area (Å²) in [5.41, 5.74) is 5.04. The molecule has 0 saturated carbocycles. The fourth-order valence-electron chi connectivity index (χ4n) is 4.13. The second-order valence-electron chi connectivity index (χ2n) is 7.03. The molecule has 0 unspecified atom stereocenters. The first kappa shape index (κ1) is 26.3. The predicted octanol–water partition coefficient (Wildman–Crippen LogP) is 3.58. The first-order valence-electron chi connectivity index (χ1n) is 10.1. The van der Waals surface area contributed by atoms with Gasteiger partial charge >= 0.3 is 0 Å². The van der Waals surface area contributed by atoms with Gasteiger partial charge in [0.05, 0.1) is 0 Å². The SMILES string of the molecule is C=CCN(CC=C)C(CC=C)(CC=C)C(CC=C)(CC=C)NCCNCCN. The highest BCUT2D eigenvalue weighted by Crippen LogP contribution is 2.41. The summed E-state index contributed by atoms with van der Waals surface area (Å²) in [6.07, 6.45) is 15.0. The van der Waals surface area contributed by atoms with Gasteiger partial charge in [-0.15, -0.1) is 39.5 Å². The van der Waals surface area contributed by atoms with Crippen LogP contribution in [0.2, 0.25) is 0 Å². The minimum atomic E-state index is -0.282. The molecule has 4 N–H and O–H groups in total. The van der Waals surface area contributed by atoms with Crippen molar-refractivity contribution >= 4 is 0 Å². The molecule has 0 radical (unpaired) electrons. The van der Waals surface area contributed by atoms with Crippen LogP contribution < -0.4 is 16.4 Å². The third-order valence-corrected chi connectivity index (χ3v) is 5.23. The molecule has 0 aromatic rings. The van der Waals surface area contributed by atoms with Crippen molar-refractivity contribution in [2.75, 3.05) is 39.3 Å². The van der Waals surface area contributed by atoms with Crippen LogP contribution in [-0.2, 0) is 0 Å². The molecule has 4 heteroatoms. The summed E-state index contributed by atoms with van der Waals surface area (Å²) < 4.78 is 0. The van der Waals surface area contributed by atoms with Crippen LogP contribution in [0.5, 0.6) is 0 Å². The Balaban J connectivity index is 6.26. The number of nitrogens with two attached hydrogens (primary N) is 1. The summed E-state index contributed by atoms with van der Waals surface area (Å²) in [4.78, 5) is 2.42. The third-order valence-electron chi connectivity index (χ3n) is 5.23. The first-order valence-corrected chi connectivity index (χ1v) is 10.1. The summed E-state index contributed by atoms with van der Waals surface area (Å²) in [7, 11) is 0. The van der Waals surface area contributed by atoms with Crippen molar-refractivity contribution in [3.63, 3.8) is 0 Å². The molecule has 0 amide bonds. The molecular formula is C24H42N4. The largest absolute Gasteiger partial charge is 0.329 e. The van der Waals surface area contributed by atoms with Crippen molar-refractivity contribution in [3.05, 3.63) is 75.9 Å². The Kier molecular flexibility index (Phi) is 14.3. The molecule has 0 heterocycles. The molecule has 0 bridgehead atoms. The van der Waals surface area contributed by atoms with Crippen molar-refractivity contribution in [1.82, 2.24) is 15.5 Å². The quantitative estimate of drug-likeness (QED) is 0.221. The van der Waals surface area contributed by atoms with E-state index in [1.54, 1.807) is 0 Å². The van der Waals surface area contributed by atoms with Gasteiger partial charge in [0, 0.05) is 50.3 Å². The van der Waals surface area contributed by atoms with Gasteiger partial charge in [0.15, 0.2) is 0 Å². The molecule has 0 aromatic heterocycles. The molecule has 0 aliphatic rings. The van der Waals surface area contributed by atoms with Gasteiger partial charge in [0.25, 0.3) is 0 Å². The minimum Gasteiger partial charge on any atom is -0.329 e. The topological polar surface area (TPSA) is 53.3 Å². The molecule has 0 aliphatic carbocycles. The van der Waals surface area contributed by atoms with E-state index in [0.29, 0.717) is 6.54 Å². The second-order valence-corrected chi connectivity index (χ2v) is 7.03. The summed E-state index contributed by atoms with van der Waals surface area (Å²) in [5.74, 6) is 0. The molecule has 0 spiro atoms. The molecule has 0 aromatic carbocycles. The maximum absolute atomic E-state index is 5.59. The van der Waals surface area contributed by atoms with Gasteiger partial charge in [-0.3, -0.25) is 4.90 Å². The molecule has 0 fully saturated rings. The molecule has 28 heavy (non-hydrogen) atoms. The van der Waals surface area contributed by atoms with Gasteiger partial charge < -0.3 is 16.4 Å². The Labute approximate surface area is 173 Å². The van der Waals surface area contributed by atoms with E-state index in [-0.39, 0.29) is 11.1 Å². The molecule has 0 rings (SSSR count). The zero-order chi connectivity index (χ0) is 21.3. The normalized spacial score (nSPS) is 11.8. The molecular weight excluding hydrogens is 344 g/mol. The van der Waals surface area contributed by atoms with Gasteiger partial charge in [0.1, 0.15) is 0 Å². The van der Waals surface area contributed by atoms with Crippen LogP contribution >= 0.6 is 0 Å². The van der Waals surface area contributed by atoms with E-state index in [0.717, 1.165) is 58.4 Å². The first-order chi connectivity index (χ1) is 13.6. The van der Waals surface area contributed by atoms with Crippen LogP contribution in [0.15, 0.2) is 75.9 Å². The summed E-state index contributed by atoms with van der Waals surface area (Å²) in [6.45, 7) is 28.8. The average molecular weight is 387 g/mol. The fraction of sp³-hybridized carbons (Fsp3) is 0.500. The number of rotatable bonds is 20. The van der Waals surface area contributed by atoms with E-state index >= 15 is 0 Å². The minimum absolute atomic E-state index is 0.269. The Hall–Kier alpha value is -1.72. The standard InChI is InChI=1S/C24H42N4/c1-7-13-23(14-8-2,27-20-19-26-18-17-25)24(15-9-3,16-10-4)28(21-11-5)22-12-6/h7-12,26-27H,1-6,13-22,25H2. The van der Waals surface area contributed by atoms with Crippen molar-refractivity contribution in [1.29, 1.82) is 0 Å². The number of nitrogens with one attached hydrogen (secondary N) is 2. The third kappa shape index (κ3) is 7.02. The Morgan fingerprint density at radius 2 is 1.18 bits per heavy atom. The zero-order valence-electron chi connectivity index (χ0n) is 17.8. The number of hydrogen-bond donors (Lipinski definition) is 3. The number of nitrogens with zero attached hydrogens (tertiary/aromatic N) is 1. The van der Waals surface area contributed by atoms with Crippen LogP contribution in [0.4, 0.5) is 0 Å². The van der Waals surface area contributed by atoms with Crippen molar-refractivity contribution < 1.29 is 0 Å². The lowest BCUT2D eigenvalue weighted by molar-refractivity contribution is 0.0135. The monoisotopic (exact) mass is 386 g/mol. The Morgan fingerprint density at radius 3 is 1.57 bits per heavy atom. The van der Waals surface area contributed by atoms with Crippen LogP contribution in [0, 0.1) is 0 Å². The van der Waals surface area contributed by atoms with E-state index < -0.39 is 0 Å². The van der Waals surface area contributed by atoms with Gasteiger partial charge in [0.2, 0.25) is 0 Å². The van der Waals surface area contributed by atoms with Crippen molar-refractivity contribution in [2.45, 2.75) is 36.8 Å². The lowest BCUT2D eigenvalue weighted by atomic mass is 9.66. The van der Waals surface area contributed by atoms with Crippen LogP contribution in [-0.4, -0.2) is 55.2 Å². The maximum atomic E-state index is 5.59. The summed E-state index contributed by atoms with van der Waals surface area (Å²) in [5, 5.41) is 7.21. The molecule has 0 atom stereocenters. The van der Waals surface area contributed by atoms with E-state index in [1.807, 2.05) is 36.5 Å². The van der Waals surface area contributed by atoms with Crippen LogP contribution in [0.1, 0.15) is 25.7 Å². The lowest BCUT2D eigenvalue weighted by Gasteiger charge is -2.56. The molecule has 158 valence electrons. The molecule has 0 saturated heterocycles. The van der Waals surface area contributed by atoms with Gasteiger partial charge in [-0.2, -0.15) is 0 Å². The van der Waals surface area contributed by atoms with Crippen molar-refractivity contribution in [3.8, 4) is 0 Å². The molecule has 4 nitrogen and oxygen atoms in total. The average Bonchev–Trinajstić information content (AvgIpc) is 2.67. The van der Waals surface area contributed by atoms with E-state index in [2.05, 4.69) is 55.0 Å². The maximum Gasteiger partial charge on any atom is 0.0472 e. The Bertz CT molecular complexity index is 465. The zero-order valence-corrected chi connectivity index (χ0v) is 17.8. The fourth-order valence-corrected chi connectivity index (χ4v) is 4.13. The summed E-state index contributed by atoms with van der Waals surface area (Å²) >= 11 is 0.